The van der Waals surface area contributed by atoms with Gasteiger partial charge in [0.2, 0.25) is 5.91 Å². The maximum absolute atomic E-state index is 13.5. The Hall–Kier alpha value is -5.45. The molecule has 0 aliphatic carbocycles. The van der Waals surface area contributed by atoms with E-state index >= 15 is 0 Å². The largest absolute Gasteiger partial charge is 0.462 e. The standard InChI is InChI=1S/C37H31N3O5S2/c1-2-45-37(44)27-15-17-28(18-16-27)39-36(43)33(25-10-5-3-6-11-25)47-30-21-19-29(20-22-30)38-35(42)32(24-31-14-9-23-46-31)40-34(41)26-12-7-4-8-13-26/h3-24,33H,2H2,1H3,(H,38,42)(H,39,43)(H,40,41)/b32-24-. The third kappa shape index (κ3) is 9.29. The summed E-state index contributed by atoms with van der Waals surface area (Å²) in [7, 11) is 0. The minimum atomic E-state index is -0.588. The molecule has 4 aromatic carbocycles. The molecule has 3 amide bonds. The van der Waals surface area contributed by atoms with Crippen LogP contribution in [0.1, 0.15) is 43.3 Å². The number of rotatable bonds is 12. The normalized spacial score (nSPS) is 11.6. The number of ether oxygens (including phenoxy) is 1. The van der Waals surface area contributed by atoms with E-state index in [4.69, 9.17) is 4.74 Å². The molecule has 0 saturated heterocycles. The van der Waals surface area contributed by atoms with Crippen LogP contribution < -0.4 is 16.0 Å². The van der Waals surface area contributed by atoms with Crippen molar-refractivity contribution in [2.45, 2.75) is 17.1 Å². The molecule has 1 aromatic heterocycles. The van der Waals surface area contributed by atoms with Crippen molar-refractivity contribution in [1.29, 1.82) is 0 Å². The second-order valence-corrected chi connectivity index (χ2v) is 12.2. The van der Waals surface area contributed by atoms with Gasteiger partial charge in [0, 0.05) is 26.7 Å². The number of thioether (sulfide) groups is 1. The van der Waals surface area contributed by atoms with Crippen LogP contribution in [0.5, 0.6) is 0 Å². The zero-order valence-corrected chi connectivity index (χ0v) is 27.0. The van der Waals surface area contributed by atoms with Crippen LogP contribution in [0.15, 0.2) is 137 Å². The zero-order valence-electron chi connectivity index (χ0n) is 25.3. The summed E-state index contributed by atoms with van der Waals surface area (Å²) in [6, 6.07) is 35.5. The second-order valence-electron chi connectivity index (χ2n) is 10.1. The van der Waals surface area contributed by atoms with Crippen LogP contribution in [0.25, 0.3) is 6.08 Å². The van der Waals surface area contributed by atoms with Crippen LogP contribution in [0, 0.1) is 0 Å². The lowest BCUT2D eigenvalue weighted by molar-refractivity contribution is -0.116. The molecule has 0 bridgehead atoms. The fourth-order valence-electron chi connectivity index (χ4n) is 4.42. The van der Waals surface area contributed by atoms with E-state index in [2.05, 4.69) is 16.0 Å². The van der Waals surface area contributed by atoms with Crippen molar-refractivity contribution in [3.8, 4) is 0 Å². The lowest BCUT2D eigenvalue weighted by atomic mass is 10.1. The van der Waals surface area contributed by atoms with E-state index in [0.717, 1.165) is 15.3 Å². The van der Waals surface area contributed by atoms with Gasteiger partial charge in [-0.1, -0.05) is 54.6 Å². The SMILES string of the molecule is CCOC(=O)c1ccc(NC(=O)C(Sc2ccc(NC(=O)/C(=C/c3cccs3)NC(=O)c3ccccc3)cc2)c2ccccc2)cc1. The molecule has 1 atom stereocenters. The van der Waals surface area contributed by atoms with Gasteiger partial charge in [0.1, 0.15) is 10.9 Å². The van der Waals surface area contributed by atoms with E-state index in [-0.39, 0.29) is 18.2 Å². The number of anilines is 2. The maximum Gasteiger partial charge on any atom is 0.338 e. The number of esters is 1. The molecule has 0 spiro atoms. The Morgan fingerprint density at radius 3 is 2.02 bits per heavy atom. The summed E-state index contributed by atoms with van der Waals surface area (Å²) in [5.41, 5.74) is 2.83. The average Bonchev–Trinajstić information content (AvgIpc) is 3.62. The molecule has 47 heavy (non-hydrogen) atoms. The second kappa shape index (κ2) is 16.2. The van der Waals surface area contributed by atoms with Crippen molar-refractivity contribution >= 4 is 64.2 Å². The fourth-order valence-corrected chi connectivity index (χ4v) is 6.10. The molecule has 5 aromatic rings. The Morgan fingerprint density at radius 1 is 0.745 bits per heavy atom. The van der Waals surface area contributed by atoms with Crippen LogP contribution in [-0.4, -0.2) is 30.3 Å². The predicted molar refractivity (Wildman–Crippen MR) is 187 cm³/mol. The summed E-state index contributed by atoms with van der Waals surface area (Å²) in [5, 5.41) is 9.85. The quantitative estimate of drug-likeness (QED) is 0.0714. The molecule has 0 saturated carbocycles. The van der Waals surface area contributed by atoms with E-state index in [1.807, 2.05) is 66.0 Å². The third-order valence-corrected chi connectivity index (χ3v) is 8.81. The smallest absolute Gasteiger partial charge is 0.338 e. The van der Waals surface area contributed by atoms with Crippen LogP contribution >= 0.6 is 23.1 Å². The summed E-state index contributed by atoms with van der Waals surface area (Å²) < 4.78 is 5.03. The Kier molecular flexibility index (Phi) is 11.4. The molecular formula is C37H31N3O5S2. The van der Waals surface area contributed by atoms with Crippen LogP contribution in [0.3, 0.4) is 0 Å². The number of thiophene rings is 1. The Labute approximate surface area is 280 Å². The first kappa shape index (κ1) is 32.9. The highest BCUT2D eigenvalue weighted by atomic mass is 32.2. The molecule has 236 valence electrons. The maximum atomic E-state index is 13.5. The lowest BCUT2D eigenvalue weighted by Crippen LogP contribution is -2.30. The highest BCUT2D eigenvalue weighted by Gasteiger charge is 2.23. The van der Waals surface area contributed by atoms with Crippen molar-refractivity contribution in [2.24, 2.45) is 0 Å². The molecule has 0 aliphatic heterocycles. The van der Waals surface area contributed by atoms with E-state index in [1.54, 1.807) is 73.7 Å². The summed E-state index contributed by atoms with van der Waals surface area (Å²) in [6.07, 6.45) is 1.64. The number of carbonyl (C=O) groups is 4. The highest BCUT2D eigenvalue weighted by Crippen LogP contribution is 2.37. The number of hydrogen-bond donors (Lipinski definition) is 3. The minimum Gasteiger partial charge on any atom is -0.462 e. The van der Waals surface area contributed by atoms with Crippen molar-refractivity contribution in [1.82, 2.24) is 5.32 Å². The molecule has 1 heterocycles. The molecule has 3 N–H and O–H groups in total. The first-order valence-electron chi connectivity index (χ1n) is 14.7. The molecular weight excluding hydrogens is 631 g/mol. The number of carbonyl (C=O) groups excluding carboxylic acids is 4. The monoisotopic (exact) mass is 661 g/mol. The van der Waals surface area contributed by atoms with Crippen LogP contribution in [0.2, 0.25) is 0 Å². The van der Waals surface area contributed by atoms with Gasteiger partial charge in [0.25, 0.3) is 11.8 Å². The summed E-state index contributed by atoms with van der Waals surface area (Å²) >= 11 is 2.81. The molecule has 0 radical (unpaired) electrons. The summed E-state index contributed by atoms with van der Waals surface area (Å²) in [6.45, 7) is 2.02. The molecule has 8 nitrogen and oxygen atoms in total. The van der Waals surface area contributed by atoms with Crippen molar-refractivity contribution in [2.75, 3.05) is 17.2 Å². The fraction of sp³-hybridized carbons (Fsp3) is 0.0811. The number of nitrogens with one attached hydrogen (secondary N) is 3. The topological polar surface area (TPSA) is 114 Å². The molecule has 1 unspecified atom stereocenters. The summed E-state index contributed by atoms with van der Waals surface area (Å²) in [5.74, 6) is -1.52. The van der Waals surface area contributed by atoms with Gasteiger partial charge >= 0.3 is 5.97 Å². The van der Waals surface area contributed by atoms with Gasteiger partial charge in [-0.2, -0.15) is 0 Å². The van der Waals surface area contributed by atoms with Gasteiger partial charge in [-0.15, -0.1) is 23.1 Å². The third-order valence-electron chi connectivity index (χ3n) is 6.73. The first-order chi connectivity index (χ1) is 22.9. The van der Waals surface area contributed by atoms with E-state index in [0.29, 0.717) is 22.5 Å². The van der Waals surface area contributed by atoms with Crippen molar-refractivity contribution in [3.63, 3.8) is 0 Å². The highest BCUT2D eigenvalue weighted by molar-refractivity contribution is 8.00. The van der Waals surface area contributed by atoms with E-state index in [1.165, 1.54) is 23.1 Å². The summed E-state index contributed by atoms with van der Waals surface area (Å²) in [4.78, 5) is 53.3. The molecule has 0 fully saturated rings. The average molecular weight is 662 g/mol. The molecule has 10 heteroatoms. The lowest BCUT2D eigenvalue weighted by Gasteiger charge is -2.18. The van der Waals surface area contributed by atoms with Gasteiger partial charge in [0.15, 0.2) is 0 Å². The van der Waals surface area contributed by atoms with Crippen molar-refractivity contribution < 1.29 is 23.9 Å². The van der Waals surface area contributed by atoms with E-state index < -0.39 is 23.0 Å². The Morgan fingerprint density at radius 2 is 1.38 bits per heavy atom. The van der Waals surface area contributed by atoms with Gasteiger partial charge < -0.3 is 20.7 Å². The van der Waals surface area contributed by atoms with Gasteiger partial charge in [-0.3, -0.25) is 14.4 Å². The van der Waals surface area contributed by atoms with Gasteiger partial charge in [-0.05, 0) is 90.7 Å². The molecule has 5 rings (SSSR count). The van der Waals surface area contributed by atoms with Gasteiger partial charge in [0.05, 0.1) is 12.2 Å². The first-order valence-corrected chi connectivity index (χ1v) is 16.5. The number of amides is 3. The molecule has 0 aliphatic rings. The van der Waals surface area contributed by atoms with Crippen LogP contribution in [0.4, 0.5) is 11.4 Å². The zero-order chi connectivity index (χ0) is 33.0. The Balaban J connectivity index is 1.28. The minimum absolute atomic E-state index is 0.107. The van der Waals surface area contributed by atoms with Crippen LogP contribution in [-0.2, 0) is 14.3 Å². The predicted octanol–water partition coefficient (Wildman–Crippen LogP) is 7.81. The number of hydrogen-bond acceptors (Lipinski definition) is 7. The number of benzene rings is 4. The Bertz CT molecular complexity index is 1840. The van der Waals surface area contributed by atoms with Gasteiger partial charge in [-0.25, -0.2) is 4.79 Å². The van der Waals surface area contributed by atoms with E-state index in [9.17, 15) is 19.2 Å². The van der Waals surface area contributed by atoms with Crippen molar-refractivity contribution in [3.05, 3.63) is 154 Å².